The third-order valence-electron chi connectivity index (χ3n) is 5.23. The van der Waals surface area contributed by atoms with E-state index in [9.17, 15) is 4.79 Å². The van der Waals surface area contributed by atoms with Gasteiger partial charge in [0.2, 0.25) is 11.9 Å². The minimum Gasteiger partial charge on any atom is -0.338 e. The van der Waals surface area contributed by atoms with E-state index < -0.39 is 0 Å². The minimum absolute atomic E-state index is 0.197. The number of carbonyl (C=O) groups is 1. The van der Waals surface area contributed by atoms with Crippen LogP contribution in [-0.2, 0) is 4.79 Å². The fourth-order valence-corrected chi connectivity index (χ4v) is 3.55. The number of hydrogen-bond donors (Lipinski definition) is 1. The number of benzene rings is 2. The smallest absolute Gasteiger partial charge is 0.248 e. The molecule has 1 aromatic heterocycles. The second-order valence-corrected chi connectivity index (χ2v) is 7.94. The van der Waals surface area contributed by atoms with Crippen molar-refractivity contribution in [2.45, 2.75) is 6.92 Å². The molecule has 3 aromatic rings. The molecule has 6 nitrogen and oxygen atoms in total. The molecule has 2 heterocycles. The lowest BCUT2D eigenvalue weighted by Crippen LogP contribution is -2.45. The third kappa shape index (κ3) is 4.78. The van der Waals surface area contributed by atoms with Crippen LogP contribution < -0.4 is 10.2 Å². The van der Waals surface area contributed by atoms with E-state index in [0.29, 0.717) is 10.7 Å². The summed E-state index contributed by atoms with van der Waals surface area (Å²) < 4.78 is 0. The lowest BCUT2D eigenvalue weighted by Gasteiger charge is -2.32. The number of aromatic nitrogens is 2. The number of halogens is 1. The second-order valence-electron chi connectivity index (χ2n) is 7.51. The van der Waals surface area contributed by atoms with E-state index in [4.69, 9.17) is 21.6 Å². The van der Waals surface area contributed by atoms with E-state index in [1.54, 1.807) is 18.2 Å². The van der Waals surface area contributed by atoms with Gasteiger partial charge in [-0.1, -0.05) is 23.7 Å². The zero-order valence-corrected chi connectivity index (χ0v) is 17.9. The molecule has 0 bridgehead atoms. The summed E-state index contributed by atoms with van der Waals surface area (Å²) in [4.78, 5) is 26.3. The molecule has 0 spiro atoms. The number of nitrogens with one attached hydrogen (secondary N) is 1. The molecule has 30 heavy (non-hydrogen) atoms. The van der Waals surface area contributed by atoms with E-state index >= 15 is 0 Å². The van der Waals surface area contributed by atoms with Gasteiger partial charge in [0, 0.05) is 48.4 Å². The Bertz CT molecular complexity index is 1090. The number of nitrogens with zero attached hydrogens (tertiary/aromatic N) is 4. The molecule has 0 atom stereocenters. The monoisotopic (exact) mass is 421 g/mol. The van der Waals surface area contributed by atoms with E-state index in [1.165, 1.54) is 6.08 Å². The van der Waals surface area contributed by atoms with Crippen molar-refractivity contribution in [3.63, 3.8) is 0 Å². The van der Waals surface area contributed by atoms with Crippen molar-refractivity contribution >= 4 is 46.1 Å². The van der Waals surface area contributed by atoms with Crippen LogP contribution in [0, 0.1) is 6.92 Å². The first-order valence-corrected chi connectivity index (χ1v) is 10.3. The molecule has 1 aliphatic heterocycles. The summed E-state index contributed by atoms with van der Waals surface area (Å²) in [5.74, 6) is 0.577. The highest BCUT2D eigenvalue weighted by molar-refractivity contribution is 6.30. The number of amides is 1. The van der Waals surface area contributed by atoms with Gasteiger partial charge in [0.1, 0.15) is 0 Å². The molecule has 1 aliphatic rings. The van der Waals surface area contributed by atoms with Crippen molar-refractivity contribution in [1.29, 1.82) is 0 Å². The quantitative estimate of drug-likeness (QED) is 0.645. The van der Waals surface area contributed by atoms with E-state index in [-0.39, 0.29) is 5.91 Å². The normalized spacial score (nSPS) is 15.1. The zero-order valence-electron chi connectivity index (χ0n) is 17.1. The predicted octanol–water partition coefficient (Wildman–Crippen LogP) is 4.00. The Morgan fingerprint density at radius 2 is 1.80 bits per heavy atom. The number of rotatable bonds is 4. The summed E-state index contributed by atoms with van der Waals surface area (Å²) in [5, 5.41) is 4.51. The zero-order chi connectivity index (χ0) is 21.1. The van der Waals surface area contributed by atoms with Crippen LogP contribution in [0.4, 0.5) is 11.6 Å². The molecule has 1 saturated heterocycles. The highest BCUT2D eigenvalue weighted by Gasteiger charge is 2.17. The Labute approximate surface area is 181 Å². The van der Waals surface area contributed by atoms with E-state index in [2.05, 4.69) is 22.2 Å². The van der Waals surface area contributed by atoms with Gasteiger partial charge in [0.05, 0.1) is 11.2 Å². The molecule has 1 amide bonds. The van der Waals surface area contributed by atoms with Crippen LogP contribution in [0.25, 0.3) is 17.0 Å². The topological polar surface area (TPSA) is 61.4 Å². The van der Waals surface area contributed by atoms with Gasteiger partial charge in [0.15, 0.2) is 0 Å². The molecular weight excluding hydrogens is 398 g/mol. The van der Waals surface area contributed by atoms with Crippen LogP contribution in [0.5, 0.6) is 0 Å². The van der Waals surface area contributed by atoms with Crippen molar-refractivity contribution in [3.05, 3.63) is 64.8 Å². The molecule has 1 fully saturated rings. The Hall–Kier alpha value is -2.96. The lowest BCUT2D eigenvalue weighted by molar-refractivity contribution is -0.111. The van der Waals surface area contributed by atoms with Crippen LogP contribution in [-0.4, -0.2) is 54.0 Å². The van der Waals surface area contributed by atoms with Gasteiger partial charge in [-0.2, -0.15) is 0 Å². The van der Waals surface area contributed by atoms with Crippen LogP contribution in [0.1, 0.15) is 11.3 Å². The van der Waals surface area contributed by atoms with Gasteiger partial charge in [-0.3, -0.25) is 4.79 Å². The standard InChI is InChI=1S/C23H24ClN5O/c1-16-20-15-19(26-22(30)10-5-17-3-6-18(24)7-4-17)8-9-21(20)27-23(25-16)29-13-11-28(2)12-14-29/h3-10,15H,11-14H2,1-2H3,(H,26,30)/b10-5-. The number of anilines is 2. The Morgan fingerprint density at radius 1 is 1.07 bits per heavy atom. The average Bonchev–Trinajstić information content (AvgIpc) is 2.74. The first-order chi connectivity index (χ1) is 14.5. The molecule has 2 aromatic carbocycles. The summed E-state index contributed by atoms with van der Waals surface area (Å²) in [5.41, 5.74) is 3.41. The maximum Gasteiger partial charge on any atom is 0.248 e. The highest BCUT2D eigenvalue weighted by atomic mass is 35.5. The largest absolute Gasteiger partial charge is 0.338 e. The van der Waals surface area contributed by atoms with Crippen molar-refractivity contribution in [2.75, 3.05) is 43.4 Å². The molecular formula is C23H24ClN5O. The number of likely N-dealkylation sites (N-methyl/N-ethyl adjacent to an activating group) is 1. The molecule has 0 radical (unpaired) electrons. The van der Waals surface area contributed by atoms with Gasteiger partial charge in [-0.25, -0.2) is 9.97 Å². The fraction of sp³-hybridized carbons (Fsp3) is 0.261. The third-order valence-corrected chi connectivity index (χ3v) is 5.48. The molecule has 154 valence electrons. The summed E-state index contributed by atoms with van der Waals surface area (Å²) >= 11 is 5.88. The number of fused-ring (bicyclic) bond motifs is 1. The van der Waals surface area contributed by atoms with Crippen molar-refractivity contribution in [3.8, 4) is 0 Å². The van der Waals surface area contributed by atoms with E-state index in [1.807, 2.05) is 37.3 Å². The maximum absolute atomic E-state index is 12.3. The first-order valence-electron chi connectivity index (χ1n) is 9.94. The van der Waals surface area contributed by atoms with Crippen LogP contribution in [0.15, 0.2) is 48.5 Å². The number of carbonyl (C=O) groups excluding carboxylic acids is 1. The molecule has 0 saturated carbocycles. The van der Waals surface area contributed by atoms with Crippen LogP contribution in [0.3, 0.4) is 0 Å². The molecule has 1 N–H and O–H groups in total. The molecule has 7 heteroatoms. The summed E-state index contributed by atoms with van der Waals surface area (Å²) in [6.07, 6.45) is 3.26. The SMILES string of the molecule is Cc1nc(N2CCN(C)CC2)nc2ccc(NC(=O)/C=C\c3ccc(Cl)cc3)cc12. The Balaban J connectivity index is 1.49. The summed E-state index contributed by atoms with van der Waals surface area (Å²) in [6.45, 7) is 5.85. The fourth-order valence-electron chi connectivity index (χ4n) is 3.42. The lowest BCUT2D eigenvalue weighted by atomic mass is 10.1. The average molecular weight is 422 g/mol. The van der Waals surface area contributed by atoms with Crippen molar-refractivity contribution in [2.24, 2.45) is 0 Å². The number of hydrogen-bond acceptors (Lipinski definition) is 5. The van der Waals surface area contributed by atoms with Crippen molar-refractivity contribution < 1.29 is 4.79 Å². The summed E-state index contributed by atoms with van der Waals surface area (Å²) in [6, 6.07) is 13.0. The van der Waals surface area contributed by atoms with Gasteiger partial charge in [-0.05, 0) is 55.9 Å². The van der Waals surface area contributed by atoms with E-state index in [0.717, 1.165) is 54.3 Å². The molecule has 4 rings (SSSR count). The molecule has 0 unspecified atom stereocenters. The number of aryl methyl sites for hydroxylation is 1. The van der Waals surface area contributed by atoms with Gasteiger partial charge in [0.25, 0.3) is 0 Å². The van der Waals surface area contributed by atoms with Gasteiger partial charge >= 0.3 is 0 Å². The van der Waals surface area contributed by atoms with Crippen LogP contribution in [0.2, 0.25) is 5.02 Å². The minimum atomic E-state index is -0.197. The van der Waals surface area contributed by atoms with Crippen molar-refractivity contribution in [1.82, 2.24) is 14.9 Å². The molecule has 0 aliphatic carbocycles. The van der Waals surface area contributed by atoms with Gasteiger partial charge < -0.3 is 15.1 Å². The highest BCUT2D eigenvalue weighted by Crippen LogP contribution is 2.23. The van der Waals surface area contributed by atoms with Crippen LogP contribution >= 0.6 is 11.6 Å². The predicted molar refractivity (Wildman–Crippen MR) is 123 cm³/mol. The first kappa shape index (κ1) is 20.3. The Morgan fingerprint density at radius 3 is 2.53 bits per heavy atom. The number of piperazine rings is 1. The Kier molecular flexibility index (Phi) is 5.97. The maximum atomic E-state index is 12.3. The second kappa shape index (κ2) is 8.81. The summed E-state index contributed by atoms with van der Waals surface area (Å²) in [7, 11) is 2.13. The van der Waals surface area contributed by atoms with Gasteiger partial charge in [-0.15, -0.1) is 0 Å².